The Labute approximate surface area is 141 Å². The highest BCUT2D eigenvalue weighted by Crippen LogP contribution is 2.40. The zero-order valence-corrected chi connectivity index (χ0v) is 14.1. The summed E-state index contributed by atoms with van der Waals surface area (Å²) in [5, 5.41) is 0. The zero-order chi connectivity index (χ0) is 17.4. The van der Waals surface area contributed by atoms with Gasteiger partial charge in [-0.1, -0.05) is 0 Å². The number of carbonyl (C=O) groups excluding carboxylic acids is 3. The number of carbonyl (C=O) groups is 3. The van der Waals surface area contributed by atoms with Gasteiger partial charge in [-0.3, -0.25) is 14.4 Å². The minimum Gasteiger partial charge on any atom is -0.366 e. The molecular formula is C18H23N3O3. The molecule has 2 fully saturated rings. The molecular weight excluding hydrogens is 306 g/mol. The molecule has 0 spiro atoms. The monoisotopic (exact) mass is 329 g/mol. The molecule has 1 unspecified atom stereocenters. The molecule has 0 bridgehead atoms. The Morgan fingerprint density at radius 1 is 1.12 bits per heavy atom. The van der Waals surface area contributed by atoms with Crippen LogP contribution in [-0.4, -0.2) is 54.2 Å². The minimum absolute atomic E-state index is 0.0608. The van der Waals surface area contributed by atoms with E-state index in [1.165, 1.54) is 0 Å². The van der Waals surface area contributed by atoms with E-state index in [0.29, 0.717) is 29.4 Å². The Kier molecular flexibility index (Phi) is 4.30. The molecule has 128 valence electrons. The summed E-state index contributed by atoms with van der Waals surface area (Å²) in [4.78, 5) is 39.2. The number of piperidine rings is 1. The SMILES string of the molecule is CN1C[C@H]2CC(N(C)C(=O)c3ccc(C(N)=O)cc3)C[C@H]2CC1=O. The average Bonchev–Trinajstić information content (AvgIpc) is 2.96. The maximum absolute atomic E-state index is 12.7. The molecule has 1 aromatic rings. The van der Waals surface area contributed by atoms with Gasteiger partial charge in [0.15, 0.2) is 0 Å². The number of nitrogens with two attached hydrogens (primary N) is 1. The number of hydrogen-bond acceptors (Lipinski definition) is 3. The van der Waals surface area contributed by atoms with Crippen LogP contribution >= 0.6 is 0 Å². The molecule has 2 aliphatic rings. The maximum Gasteiger partial charge on any atom is 0.253 e. The van der Waals surface area contributed by atoms with Crippen LogP contribution in [0.5, 0.6) is 0 Å². The summed E-state index contributed by atoms with van der Waals surface area (Å²) in [6.45, 7) is 0.787. The van der Waals surface area contributed by atoms with Crippen LogP contribution in [0.1, 0.15) is 40.0 Å². The van der Waals surface area contributed by atoms with Gasteiger partial charge in [-0.15, -0.1) is 0 Å². The van der Waals surface area contributed by atoms with Crippen molar-refractivity contribution in [2.24, 2.45) is 17.6 Å². The third-order valence-electron chi connectivity index (χ3n) is 5.47. The summed E-state index contributed by atoms with van der Waals surface area (Å²) in [6.07, 6.45) is 2.41. The van der Waals surface area contributed by atoms with Crippen molar-refractivity contribution in [3.05, 3.63) is 35.4 Å². The van der Waals surface area contributed by atoms with Crippen molar-refractivity contribution in [3.8, 4) is 0 Å². The fraction of sp³-hybridized carbons (Fsp3) is 0.500. The van der Waals surface area contributed by atoms with Crippen molar-refractivity contribution in [1.82, 2.24) is 9.80 Å². The Morgan fingerprint density at radius 2 is 1.71 bits per heavy atom. The number of hydrogen-bond donors (Lipinski definition) is 1. The predicted octanol–water partition coefficient (Wildman–Crippen LogP) is 1.11. The lowest BCUT2D eigenvalue weighted by atomic mass is 9.88. The number of likely N-dealkylation sites (tertiary alicyclic amines) is 1. The molecule has 1 saturated heterocycles. The predicted molar refractivity (Wildman–Crippen MR) is 89.3 cm³/mol. The molecule has 6 heteroatoms. The van der Waals surface area contributed by atoms with Crippen LogP contribution in [0.15, 0.2) is 24.3 Å². The van der Waals surface area contributed by atoms with Gasteiger partial charge in [-0.2, -0.15) is 0 Å². The van der Waals surface area contributed by atoms with Gasteiger partial charge in [0.25, 0.3) is 5.91 Å². The van der Waals surface area contributed by atoms with Gasteiger partial charge in [0.05, 0.1) is 0 Å². The molecule has 1 aliphatic heterocycles. The third-order valence-corrected chi connectivity index (χ3v) is 5.47. The fourth-order valence-corrected chi connectivity index (χ4v) is 3.95. The Bertz CT molecular complexity index is 671. The van der Waals surface area contributed by atoms with Crippen LogP contribution in [0.2, 0.25) is 0 Å². The molecule has 0 aromatic heterocycles. The van der Waals surface area contributed by atoms with Gasteiger partial charge < -0.3 is 15.5 Å². The first-order chi connectivity index (χ1) is 11.4. The summed E-state index contributed by atoms with van der Waals surface area (Å²) >= 11 is 0. The van der Waals surface area contributed by atoms with E-state index in [2.05, 4.69) is 0 Å². The lowest BCUT2D eigenvalue weighted by molar-refractivity contribution is -0.134. The first-order valence-electron chi connectivity index (χ1n) is 8.27. The van der Waals surface area contributed by atoms with Crippen molar-refractivity contribution in [2.45, 2.75) is 25.3 Å². The summed E-state index contributed by atoms with van der Waals surface area (Å²) in [5.74, 6) is 0.495. The number of fused-ring (bicyclic) bond motifs is 1. The van der Waals surface area contributed by atoms with E-state index in [4.69, 9.17) is 5.73 Å². The number of amides is 3. The quantitative estimate of drug-likeness (QED) is 0.902. The lowest BCUT2D eigenvalue weighted by Crippen LogP contribution is -2.39. The lowest BCUT2D eigenvalue weighted by Gasteiger charge is -2.31. The summed E-state index contributed by atoms with van der Waals surface area (Å²) in [6, 6.07) is 6.58. The molecule has 1 heterocycles. The van der Waals surface area contributed by atoms with Crippen molar-refractivity contribution in [2.75, 3.05) is 20.6 Å². The van der Waals surface area contributed by atoms with Crippen LogP contribution in [0, 0.1) is 11.8 Å². The Morgan fingerprint density at radius 3 is 2.33 bits per heavy atom. The molecule has 3 amide bonds. The second kappa shape index (κ2) is 6.26. The topological polar surface area (TPSA) is 83.7 Å². The van der Waals surface area contributed by atoms with Crippen molar-refractivity contribution in [3.63, 3.8) is 0 Å². The first-order valence-corrected chi connectivity index (χ1v) is 8.27. The highest BCUT2D eigenvalue weighted by atomic mass is 16.2. The fourth-order valence-electron chi connectivity index (χ4n) is 3.95. The standard InChI is InChI=1S/C18H23N3O3/c1-20-10-14-8-15(7-13(14)9-16(20)22)21(2)18(24)12-5-3-11(4-6-12)17(19)23/h3-6,13-15H,7-10H2,1-2H3,(H2,19,23)/t13-,14+,15?/m0/s1. The number of primary amides is 1. The molecule has 2 N–H and O–H groups in total. The van der Waals surface area contributed by atoms with Crippen LogP contribution in [0.3, 0.4) is 0 Å². The Balaban J connectivity index is 1.68. The highest BCUT2D eigenvalue weighted by Gasteiger charge is 2.42. The minimum atomic E-state index is -0.504. The van der Waals surface area contributed by atoms with E-state index in [9.17, 15) is 14.4 Å². The molecule has 1 aliphatic carbocycles. The molecule has 3 rings (SSSR count). The van der Waals surface area contributed by atoms with Gasteiger partial charge in [0.1, 0.15) is 0 Å². The van der Waals surface area contributed by atoms with E-state index >= 15 is 0 Å². The summed E-state index contributed by atoms with van der Waals surface area (Å²) < 4.78 is 0. The van der Waals surface area contributed by atoms with Crippen LogP contribution in [-0.2, 0) is 4.79 Å². The highest BCUT2D eigenvalue weighted by molar-refractivity contribution is 5.97. The molecule has 6 nitrogen and oxygen atoms in total. The van der Waals surface area contributed by atoms with E-state index in [-0.39, 0.29) is 17.9 Å². The van der Waals surface area contributed by atoms with Crippen LogP contribution in [0.4, 0.5) is 0 Å². The second-order valence-electron chi connectivity index (χ2n) is 6.98. The van der Waals surface area contributed by atoms with E-state index in [0.717, 1.165) is 19.4 Å². The average molecular weight is 329 g/mol. The second-order valence-corrected chi connectivity index (χ2v) is 6.98. The number of benzene rings is 1. The molecule has 1 saturated carbocycles. The Hall–Kier alpha value is -2.37. The van der Waals surface area contributed by atoms with Gasteiger partial charge >= 0.3 is 0 Å². The third kappa shape index (κ3) is 3.00. The van der Waals surface area contributed by atoms with Gasteiger partial charge in [0, 0.05) is 44.2 Å². The van der Waals surface area contributed by atoms with E-state index in [1.54, 1.807) is 34.1 Å². The maximum atomic E-state index is 12.7. The summed E-state index contributed by atoms with van der Waals surface area (Å²) in [7, 11) is 3.67. The van der Waals surface area contributed by atoms with Crippen molar-refractivity contribution in [1.29, 1.82) is 0 Å². The van der Waals surface area contributed by atoms with Crippen molar-refractivity contribution >= 4 is 17.7 Å². The molecule has 1 aromatic carbocycles. The number of rotatable bonds is 3. The molecule has 0 radical (unpaired) electrons. The van der Waals surface area contributed by atoms with Gasteiger partial charge in [-0.05, 0) is 48.9 Å². The van der Waals surface area contributed by atoms with E-state index < -0.39 is 5.91 Å². The molecule has 3 atom stereocenters. The smallest absolute Gasteiger partial charge is 0.253 e. The van der Waals surface area contributed by atoms with E-state index in [1.807, 2.05) is 14.1 Å². The van der Waals surface area contributed by atoms with Gasteiger partial charge in [-0.25, -0.2) is 0 Å². The van der Waals surface area contributed by atoms with Gasteiger partial charge in [0.2, 0.25) is 11.8 Å². The zero-order valence-electron chi connectivity index (χ0n) is 14.1. The van der Waals surface area contributed by atoms with Crippen LogP contribution < -0.4 is 5.73 Å². The van der Waals surface area contributed by atoms with Crippen LogP contribution in [0.25, 0.3) is 0 Å². The first kappa shape index (κ1) is 16.5. The molecule has 24 heavy (non-hydrogen) atoms. The summed E-state index contributed by atoms with van der Waals surface area (Å²) in [5.41, 5.74) is 6.16. The van der Waals surface area contributed by atoms with Crippen molar-refractivity contribution < 1.29 is 14.4 Å². The normalized spacial score (nSPS) is 26.2. The largest absolute Gasteiger partial charge is 0.366 e. The number of nitrogens with zero attached hydrogens (tertiary/aromatic N) is 2.